The van der Waals surface area contributed by atoms with Gasteiger partial charge in [0.15, 0.2) is 5.84 Å². The lowest BCUT2D eigenvalue weighted by Gasteiger charge is -2.36. The van der Waals surface area contributed by atoms with E-state index < -0.39 is 5.54 Å². The number of amides is 1. The average molecular weight is 290 g/mol. The van der Waals surface area contributed by atoms with E-state index in [1.807, 2.05) is 6.92 Å². The molecule has 6 heteroatoms. The number of oxime groups is 1. The van der Waals surface area contributed by atoms with Crippen molar-refractivity contribution in [3.8, 4) is 0 Å². The summed E-state index contributed by atoms with van der Waals surface area (Å²) in [4.78, 5) is 16.8. The molecule has 1 aliphatic rings. The second-order valence-corrected chi connectivity index (χ2v) is 5.67. The van der Waals surface area contributed by atoms with Crippen LogP contribution in [0.2, 0.25) is 0 Å². The van der Waals surface area contributed by atoms with Crippen LogP contribution in [0.5, 0.6) is 0 Å². The Labute approximate surface area is 124 Å². The highest BCUT2D eigenvalue weighted by atomic mass is 16.4. The van der Waals surface area contributed by atoms with Gasteiger partial charge in [-0.25, -0.2) is 0 Å². The zero-order valence-corrected chi connectivity index (χ0v) is 12.5. The first kappa shape index (κ1) is 15.3. The monoisotopic (exact) mass is 290 g/mol. The molecule has 1 fully saturated rings. The predicted octanol–water partition coefficient (Wildman–Crippen LogP) is 1.88. The van der Waals surface area contributed by atoms with Crippen molar-refractivity contribution in [1.29, 1.82) is 0 Å². The van der Waals surface area contributed by atoms with Gasteiger partial charge in [-0.2, -0.15) is 0 Å². The number of amidine groups is 1. The van der Waals surface area contributed by atoms with Crippen molar-refractivity contribution in [3.05, 3.63) is 29.1 Å². The Kier molecular flexibility index (Phi) is 4.45. The number of rotatable bonds is 3. The third-order valence-corrected chi connectivity index (χ3v) is 4.13. The number of hydrogen-bond acceptors (Lipinski definition) is 4. The zero-order valence-electron chi connectivity index (χ0n) is 12.5. The Morgan fingerprint density at radius 2 is 2.00 bits per heavy atom. The highest BCUT2D eigenvalue weighted by Gasteiger charge is 2.38. The largest absolute Gasteiger partial charge is 0.409 e. The van der Waals surface area contributed by atoms with Gasteiger partial charge in [0.2, 0.25) is 0 Å². The van der Waals surface area contributed by atoms with Crippen molar-refractivity contribution in [2.45, 2.75) is 51.5 Å². The molecule has 0 saturated heterocycles. The third kappa shape index (κ3) is 3.15. The van der Waals surface area contributed by atoms with Crippen LogP contribution in [-0.4, -0.2) is 27.5 Å². The van der Waals surface area contributed by atoms with Crippen molar-refractivity contribution in [2.75, 3.05) is 0 Å². The molecule has 1 heterocycles. The molecule has 2 rings (SSSR count). The molecule has 0 unspecified atom stereocenters. The maximum atomic E-state index is 12.5. The molecule has 0 aromatic carbocycles. The fourth-order valence-electron chi connectivity index (χ4n) is 2.91. The number of carbonyl (C=O) groups is 1. The van der Waals surface area contributed by atoms with Crippen molar-refractivity contribution in [3.63, 3.8) is 0 Å². The third-order valence-electron chi connectivity index (χ3n) is 4.13. The molecule has 0 atom stereocenters. The molecular weight excluding hydrogens is 268 g/mol. The van der Waals surface area contributed by atoms with E-state index in [-0.39, 0.29) is 11.7 Å². The van der Waals surface area contributed by atoms with Gasteiger partial charge >= 0.3 is 0 Å². The van der Waals surface area contributed by atoms with Gasteiger partial charge < -0.3 is 16.3 Å². The van der Waals surface area contributed by atoms with Gasteiger partial charge in [-0.1, -0.05) is 24.4 Å². The number of nitrogens with two attached hydrogens (primary N) is 1. The summed E-state index contributed by atoms with van der Waals surface area (Å²) in [5.74, 6) is -0.151. The summed E-state index contributed by atoms with van der Waals surface area (Å²) in [7, 11) is 0. The van der Waals surface area contributed by atoms with Gasteiger partial charge in [0, 0.05) is 5.69 Å². The Hall–Kier alpha value is -2.11. The van der Waals surface area contributed by atoms with Crippen molar-refractivity contribution < 1.29 is 10.0 Å². The molecule has 1 aromatic heterocycles. The van der Waals surface area contributed by atoms with E-state index in [1.165, 1.54) is 0 Å². The lowest BCUT2D eigenvalue weighted by atomic mass is 9.80. The minimum atomic E-state index is -0.749. The van der Waals surface area contributed by atoms with Crippen LogP contribution in [-0.2, 0) is 0 Å². The second-order valence-electron chi connectivity index (χ2n) is 5.67. The van der Waals surface area contributed by atoms with Crippen LogP contribution in [0.25, 0.3) is 0 Å². The number of aromatic nitrogens is 1. The van der Waals surface area contributed by atoms with E-state index >= 15 is 0 Å². The van der Waals surface area contributed by atoms with Gasteiger partial charge in [-0.05, 0) is 38.8 Å². The predicted molar refractivity (Wildman–Crippen MR) is 80.4 cm³/mol. The second kappa shape index (κ2) is 6.11. The normalized spacial score (nSPS) is 18.3. The molecule has 0 bridgehead atoms. The topological polar surface area (TPSA) is 101 Å². The van der Waals surface area contributed by atoms with E-state index in [0.29, 0.717) is 24.1 Å². The average Bonchev–Trinajstić information content (AvgIpc) is 2.47. The molecule has 0 spiro atoms. The molecule has 114 valence electrons. The summed E-state index contributed by atoms with van der Waals surface area (Å²) >= 11 is 0. The summed E-state index contributed by atoms with van der Waals surface area (Å²) in [5, 5.41) is 15.1. The number of nitrogens with one attached hydrogen (secondary N) is 1. The maximum Gasteiger partial charge on any atom is 0.253 e. The van der Waals surface area contributed by atoms with Gasteiger partial charge in [0.25, 0.3) is 5.91 Å². The summed E-state index contributed by atoms with van der Waals surface area (Å²) < 4.78 is 0. The molecule has 1 amide bonds. The highest BCUT2D eigenvalue weighted by Crippen LogP contribution is 2.29. The van der Waals surface area contributed by atoms with Crippen molar-refractivity contribution >= 4 is 11.7 Å². The molecule has 4 N–H and O–H groups in total. The Bertz CT molecular complexity index is 563. The summed E-state index contributed by atoms with van der Waals surface area (Å²) in [6.45, 7) is 3.69. The fourth-order valence-corrected chi connectivity index (χ4v) is 2.91. The van der Waals surface area contributed by atoms with E-state index in [9.17, 15) is 4.79 Å². The molecule has 1 saturated carbocycles. The standard InChI is InChI=1S/C15H22N4O2/c1-10-6-7-12(11(2)17-10)13(20)18-15(14(16)19-21)8-4-3-5-9-15/h6-7,21H,3-5,8-9H2,1-2H3,(H2,16,19)(H,18,20). The summed E-state index contributed by atoms with van der Waals surface area (Å²) in [6.07, 6.45) is 4.37. The van der Waals surface area contributed by atoms with Gasteiger partial charge in [0.05, 0.1) is 11.3 Å². The van der Waals surface area contributed by atoms with Crippen LogP contribution >= 0.6 is 0 Å². The van der Waals surface area contributed by atoms with Crippen LogP contribution in [0, 0.1) is 13.8 Å². The summed E-state index contributed by atoms with van der Waals surface area (Å²) in [5.41, 5.74) is 7.16. The minimum absolute atomic E-state index is 0.0771. The van der Waals surface area contributed by atoms with Gasteiger partial charge in [-0.3, -0.25) is 9.78 Å². The van der Waals surface area contributed by atoms with E-state index in [2.05, 4.69) is 15.5 Å². The zero-order chi connectivity index (χ0) is 15.5. The van der Waals surface area contributed by atoms with Crippen LogP contribution in [0.1, 0.15) is 53.8 Å². The van der Waals surface area contributed by atoms with Crippen LogP contribution in [0.3, 0.4) is 0 Å². The lowest BCUT2D eigenvalue weighted by molar-refractivity contribution is 0.0904. The van der Waals surface area contributed by atoms with Crippen LogP contribution in [0.15, 0.2) is 17.3 Å². The number of aryl methyl sites for hydroxylation is 2. The first-order chi connectivity index (χ1) is 9.98. The fraction of sp³-hybridized carbons (Fsp3) is 0.533. The molecule has 1 aliphatic carbocycles. The molecule has 1 aromatic rings. The van der Waals surface area contributed by atoms with Crippen molar-refractivity contribution in [1.82, 2.24) is 10.3 Å². The number of carbonyl (C=O) groups excluding carboxylic acids is 1. The number of hydrogen-bond donors (Lipinski definition) is 3. The smallest absolute Gasteiger partial charge is 0.253 e. The minimum Gasteiger partial charge on any atom is -0.409 e. The highest BCUT2D eigenvalue weighted by molar-refractivity contribution is 6.00. The molecule has 0 aliphatic heterocycles. The summed E-state index contributed by atoms with van der Waals surface area (Å²) in [6, 6.07) is 3.56. The lowest BCUT2D eigenvalue weighted by Crippen LogP contribution is -2.58. The Morgan fingerprint density at radius 3 is 2.57 bits per heavy atom. The van der Waals surface area contributed by atoms with E-state index in [4.69, 9.17) is 10.9 Å². The van der Waals surface area contributed by atoms with E-state index in [0.717, 1.165) is 25.0 Å². The molecular formula is C15H22N4O2. The Morgan fingerprint density at radius 1 is 1.33 bits per heavy atom. The van der Waals surface area contributed by atoms with Gasteiger partial charge in [0.1, 0.15) is 5.54 Å². The maximum absolute atomic E-state index is 12.5. The number of pyridine rings is 1. The molecule has 0 radical (unpaired) electrons. The van der Waals surface area contributed by atoms with E-state index in [1.54, 1.807) is 19.1 Å². The van der Waals surface area contributed by atoms with Crippen LogP contribution in [0.4, 0.5) is 0 Å². The van der Waals surface area contributed by atoms with Crippen LogP contribution < -0.4 is 11.1 Å². The van der Waals surface area contributed by atoms with Crippen molar-refractivity contribution in [2.24, 2.45) is 10.9 Å². The molecule has 6 nitrogen and oxygen atoms in total. The van der Waals surface area contributed by atoms with Gasteiger partial charge in [-0.15, -0.1) is 0 Å². The first-order valence-electron chi connectivity index (χ1n) is 7.23. The Balaban J connectivity index is 2.26. The molecule has 21 heavy (non-hydrogen) atoms. The first-order valence-corrected chi connectivity index (χ1v) is 7.23. The number of nitrogens with zero attached hydrogens (tertiary/aromatic N) is 2. The SMILES string of the molecule is Cc1ccc(C(=O)NC2(C(N)=NO)CCCCC2)c(C)n1. The quantitative estimate of drug-likeness (QED) is 0.342.